The summed E-state index contributed by atoms with van der Waals surface area (Å²) in [6.07, 6.45) is 0. The lowest BCUT2D eigenvalue weighted by atomic mass is 10.3. The van der Waals surface area contributed by atoms with E-state index in [1.807, 2.05) is 0 Å². The number of benzene rings is 1. The molecule has 1 rings (SSSR count). The van der Waals surface area contributed by atoms with E-state index in [0.717, 1.165) is 0 Å². The van der Waals surface area contributed by atoms with E-state index in [2.05, 4.69) is 4.72 Å². The molecule has 1 aromatic rings. The molecule has 0 heterocycles. The number of hydrogen-bond donors (Lipinski definition) is 2. The third kappa shape index (κ3) is 2.37. The van der Waals surface area contributed by atoms with E-state index in [1.165, 1.54) is 18.2 Å². The van der Waals surface area contributed by atoms with E-state index < -0.39 is 10.0 Å². The molecule has 0 saturated heterocycles. The van der Waals surface area contributed by atoms with Crippen molar-refractivity contribution < 1.29 is 8.42 Å². The number of rotatable bonds is 3. The molecule has 0 aromatic heterocycles. The Hall–Kier alpha value is -0.780. The lowest BCUT2D eigenvalue weighted by molar-refractivity contribution is 0.584. The van der Waals surface area contributed by atoms with Gasteiger partial charge in [-0.25, -0.2) is 13.1 Å². The van der Waals surface area contributed by atoms with Crippen molar-refractivity contribution in [2.75, 3.05) is 12.3 Å². The van der Waals surface area contributed by atoms with Crippen molar-refractivity contribution in [3.8, 4) is 0 Å². The first-order chi connectivity index (χ1) is 6.47. The molecule has 0 spiro atoms. The number of nitrogens with two attached hydrogens (primary N) is 1. The van der Waals surface area contributed by atoms with Gasteiger partial charge < -0.3 is 5.73 Å². The molecule has 78 valence electrons. The number of anilines is 1. The average Bonchev–Trinajstić information content (AvgIpc) is 2.02. The van der Waals surface area contributed by atoms with E-state index in [9.17, 15) is 8.42 Å². The number of hydrogen-bond acceptors (Lipinski definition) is 3. The Morgan fingerprint density at radius 1 is 1.50 bits per heavy atom. The van der Waals surface area contributed by atoms with E-state index in [4.69, 9.17) is 17.3 Å². The molecule has 1 aromatic carbocycles. The van der Waals surface area contributed by atoms with Gasteiger partial charge in [0.2, 0.25) is 10.0 Å². The van der Waals surface area contributed by atoms with Crippen LogP contribution in [0.3, 0.4) is 0 Å². The van der Waals surface area contributed by atoms with Crippen LogP contribution in [0.15, 0.2) is 23.1 Å². The second kappa shape index (κ2) is 4.16. The molecule has 4 nitrogen and oxygen atoms in total. The average molecular weight is 235 g/mol. The van der Waals surface area contributed by atoms with Crippen LogP contribution in [0, 0.1) is 0 Å². The Morgan fingerprint density at radius 3 is 2.64 bits per heavy atom. The Bertz CT molecular complexity index is 431. The van der Waals surface area contributed by atoms with Gasteiger partial charge in [0.25, 0.3) is 0 Å². The zero-order valence-electron chi connectivity index (χ0n) is 7.62. The Morgan fingerprint density at radius 2 is 2.14 bits per heavy atom. The summed E-state index contributed by atoms with van der Waals surface area (Å²) >= 11 is 5.75. The normalized spacial score (nSPS) is 11.6. The molecular weight excluding hydrogens is 224 g/mol. The van der Waals surface area contributed by atoms with E-state index >= 15 is 0 Å². The second-order valence-corrected chi connectivity index (χ2v) is 4.83. The van der Waals surface area contributed by atoms with Crippen molar-refractivity contribution in [2.24, 2.45) is 0 Å². The summed E-state index contributed by atoms with van der Waals surface area (Å²) in [7, 11) is -3.50. The van der Waals surface area contributed by atoms with E-state index in [0.29, 0.717) is 12.2 Å². The molecule has 14 heavy (non-hydrogen) atoms. The fourth-order valence-corrected chi connectivity index (χ4v) is 2.59. The van der Waals surface area contributed by atoms with E-state index in [-0.39, 0.29) is 9.92 Å². The molecule has 0 saturated carbocycles. The maximum absolute atomic E-state index is 11.5. The number of sulfonamides is 1. The molecule has 3 N–H and O–H groups in total. The van der Waals surface area contributed by atoms with Gasteiger partial charge in [0.1, 0.15) is 4.90 Å². The van der Waals surface area contributed by atoms with Crippen LogP contribution in [0.5, 0.6) is 0 Å². The van der Waals surface area contributed by atoms with Gasteiger partial charge >= 0.3 is 0 Å². The minimum absolute atomic E-state index is 0.0511. The van der Waals surface area contributed by atoms with Gasteiger partial charge in [-0.2, -0.15) is 0 Å². The summed E-state index contributed by atoms with van der Waals surface area (Å²) in [5, 5.41) is 0.131. The van der Waals surface area contributed by atoms with Crippen molar-refractivity contribution in [3.63, 3.8) is 0 Å². The maximum Gasteiger partial charge on any atom is 0.242 e. The van der Waals surface area contributed by atoms with Crippen molar-refractivity contribution in [2.45, 2.75) is 11.8 Å². The summed E-state index contributed by atoms with van der Waals surface area (Å²) < 4.78 is 25.4. The predicted octanol–water partition coefficient (Wildman–Crippen LogP) is 1.22. The second-order valence-electron chi connectivity index (χ2n) is 2.69. The van der Waals surface area contributed by atoms with Gasteiger partial charge in [-0.15, -0.1) is 0 Å². The number of nitrogens with one attached hydrogen (secondary N) is 1. The molecule has 0 aliphatic rings. The summed E-state index contributed by atoms with van der Waals surface area (Å²) in [4.78, 5) is 0.0511. The minimum atomic E-state index is -3.50. The van der Waals surface area contributed by atoms with Crippen molar-refractivity contribution in [1.82, 2.24) is 4.72 Å². The SMILES string of the molecule is CCNS(=O)(=O)c1ccc(N)cc1Cl. The van der Waals surface area contributed by atoms with Crippen LogP contribution < -0.4 is 10.5 Å². The van der Waals surface area contributed by atoms with Crippen molar-refractivity contribution >= 4 is 27.3 Å². The molecule has 0 unspecified atom stereocenters. The molecule has 0 amide bonds. The summed E-state index contributed by atoms with van der Waals surface area (Å²) in [6, 6.07) is 4.29. The summed E-state index contributed by atoms with van der Waals surface area (Å²) in [5.74, 6) is 0. The van der Waals surface area contributed by atoms with E-state index in [1.54, 1.807) is 6.92 Å². The first-order valence-electron chi connectivity index (χ1n) is 4.02. The molecule has 0 aliphatic carbocycles. The van der Waals surface area contributed by atoms with Gasteiger partial charge in [-0.1, -0.05) is 18.5 Å². The lowest BCUT2D eigenvalue weighted by Crippen LogP contribution is -2.23. The van der Waals surface area contributed by atoms with Crippen LogP contribution in [0.1, 0.15) is 6.92 Å². The first-order valence-corrected chi connectivity index (χ1v) is 5.88. The molecule has 0 radical (unpaired) electrons. The van der Waals surface area contributed by atoms with Crippen LogP contribution in [0.2, 0.25) is 5.02 Å². The molecule has 0 fully saturated rings. The highest BCUT2D eigenvalue weighted by atomic mass is 35.5. The fraction of sp³-hybridized carbons (Fsp3) is 0.250. The fourth-order valence-electron chi connectivity index (χ4n) is 1.00. The Balaban J connectivity index is 3.20. The largest absolute Gasteiger partial charge is 0.399 e. The third-order valence-electron chi connectivity index (χ3n) is 1.58. The predicted molar refractivity (Wildman–Crippen MR) is 56.7 cm³/mol. The Kier molecular flexibility index (Phi) is 3.36. The van der Waals surface area contributed by atoms with Crippen molar-refractivity contribution in [3.05, 3.63) is 23.2 Å². The van der Waals surface area contributed by atoms with Gasteiger partial charge in [0.15, 0.2) is 0 Å². The minimum Gasteiger partial charge on any atom is -0.399 e. The monoisotopic (exact) mass is 234 g/mol. The maximum atomic E-state index is 11.5. The van der Waals surface area contributed by atoms with Crippen LogP contribution in [-0.2, 0) is 10.0 Å². The quantitative estimate of drug-likeness (QED) is 0.773. The third-order valence-corrected chi connectivity index (χ3v) is 3.61. The molecule has 0 aliphatic heterocycles. The molecule has 6 heteroatoms. The smallest absolute Gasteiger partial charge is 0.242 e. The molecule has 0 atom stereocenters. The van der Waals surface area contributed by atoms with Gasteiger partial charge in [0.05, 0.1) is 5.02 Å². The highest BCUT2D eigenvalue weighted by molar-refractivity contribution is 7.89. The topological polar surface area (TPSA) is 72.2 Å². The summed E-state index contributed by atoms with van der Waals surface area (Å²) in [6.45, 7) is 2.02. The molecular formula is C8H11ClN2O2S. The lowest BCUT2D eigenvalue weighted by Gasteiger charge is -2.06. The zero-order chi connectivity index (χ0) is 10.8. The molecule has 0 bridgehead atoms. The van der Waals surface area contributed by atoms with Gasteiger partial charge in [0, 0.05) is 12.2 Å². The van der Waals surface area contributed by atoms with Crippen LogP contribution in [0.25, 0.3) is 0 Å². The van der Waals surface area contributed by atoms with Gasteiger partial charge in [-0.3, -0.25) is 0 Å². The highest BCUT2D eigenvalue weighted by Crippen LogP contribution is 2.23. The number of nitrogen functional groups attached to an aromatic ring is 1. The first kappa shape index (κ1) is 11.3. The standard InChI is InChI=1S/C8H11ClN2O2S/c1-2-11-14(12,13)8-4-3-6(10)5-7(8)9/h3-5,11H,2,10H2,1H3. The zero-order valence-corrected chi connectivity index (χ0v) is 9.19. The van der Waals surface area contributed by atoms with Crippen LogP contribution in [-0.4, -0.2) is 15.0 Å². The van der Waals surface area contributed by atoms with Crippen LogP contribution >= 0.6 is 11.6 Å². The Labute approximate surface area is 88.1 Å². The number of halogens is 1. The highest BCUT2D eigenvalue weighted by Gasteiger charge is 2.16. The van der Waals surface area contributed by atoms with Crippen LogP contribution in [0.4, 0.5) is 5.69 Å². The van der Waals surface area contributed by atoms with Crippen molar-refractivity contribution in [1.29, 1.82) is 0 Å². The van der Waals surface area contributed by atoms with Gasteiger partial charge in [-0.05, 0) is 18.2 Å². The summed E-state index contributed by atoms with van der Waals surface area (Å²) in [5.41, 5.74) is 5.88.